The standard InChI is InChI=1S/C16H18N2O3S/c1-9-5-4-6-13(10(9)2)18-15(21)11(3)16-17-12(8-22-16)7-14(19)20/h4-6,8,11H,7H2,1-3H3,(H,18,21)(H,19,20)/t11-/m1/s1. The first kappa shape index (κ1) is 16.2. The summed E-state index contributed by atoms with van der Waals surface area (Å²) < 4.78 is 0. The summed E-state index contributed by atoms with van der Waals surface area (Å²) in [5.74, 6) is -1.50. The molecular weight excluding hydrogens is 300 g/mol. The molecule has 0 fully saturated rings. The van der Waals surface area contributed by atoms with Gasteiger partial charge in [0.1, 0.15) is 5.01 Å². The Balaban J connectivity index is 2.10. The molecule has 0 aliphatic rings. The number of carbonyl (C=O) groups is 2. The molecule has 1 amide bonds. The highest BCUT2D eigenvalue weighted by Gasteiger charge is 2.20. The maximum Gasteiger partial charge on any atom is 0.309 e. The number of rotatable bonds is 5. The fraction of sp³-hybridized carbons (Fsp3) is 0.312. The predicted molar refractivity (Wildman–Crippen MR) is 86.4 cm³/mol. The summed E-state index contributed by atoms with van der Waals surface area (Å²) in [6.07, 6.45) is -0.123. The Kier molecular flexibility index (Phi) is 4.92. The van der Waals surface area contributed by atoms with Crippen molar-refractivity contribution >= 4 is 28.9 Å². The van der Waals surface area contributed by atoms with E-state index in [1.165, 1.54) is 11.3 Å². The average molecular weight is 318 g/mol. The number of thiazole rings is 1. The number of aromatic nitrogens is 1. The van der Waals surface area contributed by atoms with Crippen LogP contribution in [0.5, 0.6) is 0 Å². The van der Waals surface area contributed by atoms with Crippen molar-refractivity contribution < 1.29 is 14.7 Å². The van der Waals surface area contributed by atoms with Crippen LogP contribution in [0.2, 0.25) is 0 Å². The van der Waals surface area contributed by atoms with Gasteiger partial charge in [0.2, 0.25) is 5.91 Å². The largest absolute Gasteiger partial charge is 0.481 e. The second kappa shape index (κ2) is 6.70. The molecule has 6 heteroatoms. The number of nitrogens with one attached hydrogen (secondary N) is 1. The van der Waals surface area contributed by atoms with Crippen LogP contribution in [0.1, 0.15) is 34.7 Å². The van der Waals surface area contributed by atoms with Gasteiger partial charge in [0.25, 0.3) is 0 Å². The molecule has 22 heavy (non-hydrogen) atoms. The number of amides is 1. The van der Waals surface area contributed by atoms with Crippen molar-refractivity contribution in [1.29, 1.82) is 0 Å². The summed E-state index contributed by atoms with van der Waals surface area (Å²) in [7, 11) is 0. The Hall–Kier alpha value is -2.21. The van der Waals surface area contributed by atoms with Crippen LogP contribution in [-0.2, 0) is 16.0 Å². The molecule has 0 aliphatic heterocycles. The van der Waals surface area contributed by atoms with Crippen LogP contribution in [0.15, 0.2) is 23.6 Å². The number of anilines is 1. The van der Waals surface area contributed by atoms with Crippen LogP contribution in [-0.4, -0.2) is 22.0 Å². The summed E-state index contributed by atoms with van der Waals surface area (Å²) >= 11 is 1.31. The van der Waals surface area contributed by atoms with Crippen LogP contribution >= 0.6 is 11.3 Å². The first-order chi connectivity index (χ1) is 10.4. The Labute approximate surface area is 133 Å². The van der Waals surface area contributed by atoms with Gasteiger partial charge in [-0.2, -0.15) is 0 Å². The van der Waals surface area contributed by atoms with E-state index < -0.39 is 11.9 Å². The molecule has 1 aromatic carbocycles. The monoisotopic (exact) mass is 318 g/mol. The van der Waals surface area contributed by atoms with Gasteiger partial charge in [-0.3, -0.25) is 9.59 Å². The van der Waals surface area contributed by atoms with Gasteiger partial charge in [-0.25, -0.2) is 4.98 Å². The molecule has 0 radical (unpaired) electrons. The van der Waals surface area contributed by atoms with Gasteiger partial charge < -0.3 is 10.4 Å². The van der Waals surface area contributed by atoms with Crippen molar-refractivity contribution in [1.82, 2.24) is 4.98 Å². The van der Waals surface area contributed by atoms with Crippen LogP contribution in [0.4, 0.5) is 5.69 Å². The lowest BCUT2D eigenvalue weighted by Crippen LogP contribution is -2.19. The van der Waals surface area contributed by atoms with Crippen LogP contribution in [0, 0.1) is 13.8 Å². The van der Waals surface area contributed by atoms with Gasteiger partial charge >= 0.3 is 5.97 Å². The van der Waals surface area contributed by atoms with E-state index in [4.69, 9.17) is 5.11 Å². The van der Waals surface area contributed by atoms with E-state index in [1.54, 1.807) is 12.3 Å². The average Bonchev–Trinajstić information content (AvgIpc) is 2.90. The van der Waals surface area contributed by atoms with E-state index in [1.807, 2.05) is 32.0 Å². The van der Waals surface area contributed by atoms with E-state index in [0.717, 1.165) is 16.8 Å². The topological polar surface area (TPSA) is 79.3 Å². The van der Waals surface area contributed by atoms with Gasteiger partial charge in [0.05, 0.1) is 18.0 Å². The normalized spacial score (nSPS) is 12.0. The van der Waals surface area contributed by atoms with E-state index in [2.05, 4.69) is 10.3 Å². The minimum atomic E-state index is -0.927. The number of hydrogen-bond acceptors (Lipinski definition) is 4. The predicted octanol–water partition coefficient (Wildman–Crippen LogP) is 3.13. The molecule has 0 saturated carbocycles. The van der Waals surface area contributed by atoms with E-state index in [-0.39, 0.29) is 12.3 Å². The minimum absolute atomic E-state index is 0.123. The summed E-state index contributed by atoms with van der Waals surface area (Å²) in [6, 6.07) is 5.76. The van der Waals surface area contributed by atoms with Crippen molar-refractivity contribution in [2.45, 2.75) is 33.1 Å². The second-order valence-electron chi connectivity index (χ2n) is 5.21. The van der Waals surface area contributed by atoms with Gasteiger partial charge in [-0.05, 0) is 38.0 Å². The molecular formula is C16H18N2O3S. The molecule has 1 aromatic heterocycles. The van der Waals surface area contributed by atoms with Crippen molar-refractivity contribution in [2.24, 2.45) is 0 Å². The molecule has 5 nitrogen and oxygen atoms in total. The van der Waals surface area contributed by atoms with E-state index in [0.29, 0.717) is 10.7 Å². The summed E-state index contributed by atoms with van der Waals surface area (Å²) in [5.41, 5.74) is 3.43. The third-order valence-electron chi connectivity index (χ3n) is 3.53. The third-order valence-corrected chi connectivity index (χ3v) is 4.60. The highest BCUT2D eigenvalue weighted by molar-refractivity contribution is 7.09. The number of aliphatic carboxylic acids is 1. The van der Waals surface area contributed by atoms with Crippen molar-refractivity contribution in [3.63, 3.8) is 0 Å². The molecule has 1 atom stereocenters. The summed E-state index contributed by atoms with van der Waals surface area (Å²) in [5, 5.41) is 14.0. The third kappa shape index (κ3) is 3.71. The Morgan fingerprint density at radius 3 is 2.77 bits per heavy atom. The van der Waals surface area contributed by atoms with E-state index in [9.17, 15) is 9.59 Å². The zero-order chi connectivity index (χ0) is 16.3. The smallest absolute Gasteiger partial charge is 0.309 e. The zero-order valence-corrected chi connectivity index (χ0v) is 13.5. The number of benzene rings is 1. The SMILES string of the molecule is Cc1cccc(NC(=O)[C@@H](C)c2nc(CC(=O)O)cs2)c1C. The highest BCUT2D eigenvalue weighted by Crippen LogP contribution is 2.24. The van der Waals surface area contributed by atoms with Crippen molar-refractivity contribution in [2.75, 3.05) is 5.32 Å². The molecule has 0 bridgehead atoms. The van der Waals surface area contributed by atoms with Crippen molar-refractivity contribution in [3.05, 3.63) is 45.4 Å². The van der Waals surface area contributed by atoms with Crippen molar-refractivity contribution in [3.8, 4) is 0 Å². The van der Waals surface area contributed by atoms with E-state index >= 15 is 0 Å². The first-order valence-corrected chi connectivity index (χ1v) is 7.79. The molecule has 2 aromatic rings. The lowest BCUT2D eigenvalue weighted by Gasteiger charge is -2.13. The second-order valence-corrected chi connectivity index (χ2v) is 6.10. The Morgan fingerprint density at radius 1 is 1.36 bits per heavy atom. The van der Waals surface area contributed by atoms with Crippen LogP contribution in [0.3, 0.4) is 0 Å². The number of nitrogens with zero attached hydrogens (tertiary/aromatic N) is 1. The highest BCUT2D eigenvalue weighted by atomic mass is 32.1. The Bertz CT molecular complexity index is 709. The summed E-state index contributed by atoms with van der Waals surface area (Å²) in [6.45, 7) is 5.72. The number of aryl methyl sites for hydroxylation is 1. The fourth-order valence-electron chi connectivity index (χ4n) is 2.00. The number of carbonyl (C=O) groups excluding carboxylic acids is 1. The molecule has 1 heterocycles. The molecule has 2 rings (SSSR count). The zero-order valence-electron chi connectivity index (χ0n) is 12.7. The molecule has 0 spiro atoms. The van der Waals surface area contributed by atoms with Gasteiger partial charge in [-0.1, -0.05) is 12.1 Å². The number of hydrogen-bond donors (Lipinski definition) is 2. The first-order valence-electron chi connectivity index (χ1n) is 6.91. The van der Waals surface area contributed by atoms with Gasteiger partial charge in [0.15, 0.2) is 0 Å². The molecule has 0 aliphatic carbocycles. The van der Waals surface area contributed by atoms with Gasteiger partial charge in [0, 0.05) is 11.1 Å². The molecule has 2 N–H and O–H groups in total. The summed E-state index contributed by atoms with van der Waals surface area (Å²) in [4.78, 5) is 27.3. The lowest BCUT2D eigenvalue weighted by atomic mass is 10.1. The van der Waals surface area contributed by atoms with Crippen LogP contribution < -0.4 is 5.32 Å². The molecule has 0 saturated heterocycles. The van der Waals surface area contributed by atoms with Crippen LogP contribution in [0.25, 0.3) is 0 Å². The quantitative estimate of drug-likeness (QED) is 0.887. The minimum Gasteiger partial charge on any atom is -0.481 e. The Morgan fingerprint density at radius 2 is 2.09 bits per heavy atom. The molecule has 0 unspecified atom stereocenters. The van der Waals surface area contributed by atoms with Gasteiger partial charge in [-0.15, -0.1) is 11.3 Å². The number of carboxylic acids is 1. The fourth-order valence-corrected chi connectivity index (χ4v) is 2.87. The number of carboxylic acid groups (broad SMARTS) is 1. The maximum atomic E-state index is 12.3. The maximum absolute atomic E-state index is 12.3. The lowest BCUT2D eigenvalue weighted by molar-refractivity contribution is -0.136. The molecule has 116 valence electrons.